The maximum Gasteiger partial charge on any atom is 0.323 e. The van der Waals surface area contributed by atoms with Crippen molar-refractivity contribution in [1.29, 1.82) is 0 Å². The second-order valence-corrected chi connectivity index (χ2v) is 6.90. The molecule has 0 bridgehead atoms. The largest absolute Gasteiger partial charge is 0.359 e. The molecule has 1 fully saturated rings. The van der Waals surface area contributed by atoms with E-state index in [9.17, 15) is 9.59 Å². The molecule has 0 saturated carbocycles. The molecule has 0 unspecified atom stereocenters. The lowest BCUT2D eigenvalue weighted by molar-refractivity contribution is -0.121. The third-order valence-corrected chi connectivity index (χ3v) is 4.98. The average molecular weight is 339 g/mol. The van der Waals surface area contributed by atoms with Crippen molar-refractivity contribution in [3.63, 3.8) is 0 Å². The number of amides is 3. The molecule has 0 aromatic carbocycles. The highest BCUT2D eigenvalue weighted by Crippen LogP contribution is 2.22. The van der Waals surface area contributed by atoms with E-state index in [1.165, 1.54) is 11.3 Å². The first-order chi connectivity index (χ1) is 11.1. The number of rotatable bonds is 6. The zero-order valence-corrected chi connectivity index (χ0v) is 14.6. The first-order valence-electron chi connectivity index (χ1n) is 8.21. The van der Waals surface area contributed by atoms with E-state index in [0.717, 1.165) is 37.1 Å². The molecule has 3 amide bonds. The predicted molar refractivity (Wildman–Crippen MR) is 90.5 cm³/mol. The SMILES string of the molecule is CCCCc1nnc(NC(=O)N2CCC(CC(=O)NC)CC2)s1. The van der Waals surface area contributed by atoms with Crippen molar-refractivity contribution < 1.29 is 9.59 Å². The number of piperidine rings is 1. The number of hydrogen-bond acceptors (Lipinski definition) is 5. The van der Waals surface area contributed by atoms with Gasteiger partial charge in [0.05, 0.1) is 0 Å². The van der Waals surface area contributed by atoms with Gasteiger partial charge in [-0.3, -0.25) is 10.1 Å². The van der Waals surface area contributed by atoms with E-state index >= 15 is 0 Å². The zero-order valence-electron chi connectivity index (χ0n) is 13.8. The lowest BCUT2D eigenvalue weighted by Gasteiger charge is -2.31. The van der Waals surface area contributed by atoms with Gasteiger partial charge in [-0.25, -0.2) is 4.79 Å². The molecular weight excluding hydrogens is 314 g/mol. The van der Waals surface area contributed by atoms with E-state index in [1.54, 1.807) is 11.9 Å². The predicted octanol–water partition coefficient (Wildman–Crippen LogP) is 2.26. The number of unbranched alkanes of at least 4 members (excludes halogenated alkanes) is 1. The minimum Gasteiger partial charge on any atom is -0.359 e. The summed E-state index contributed by atoms with van der Waals surface area (Å²) in [4.78, 5) is 25.4. The standard InChI is InChI=1S/C15H25N5O2S/c1-3-4-5-13-18-19-14(23-13)17-15(22)20-8-6-11(7-9-20)10-12(21)16-2/h11H,3-10H2,1-2H3,(H,16,21)(H,17,19,22). The van der Waals surface area contributed by atoms with Gasteiger partial charge in [0.1, 0.15) is 5.01 Å². The Morgan fingerprint density at radius 1 is 1.30 bits per heavy atom. The van der Waals surface area contributed by atoms with Crippen molar-refractivity contribution in [3.05, 3.63) is 5.01 Å². The Hall–Kier alpha value is -1.70. The first-order valence-corrected chi connectivity index (χ1v) is 9.03. The summed E-state index contributed by atoms with van der Waals surface area (Å²) < 4.78 is 0. The lowest BCUT2D eigenvalue weighted by Crippen LogP contribution is -2.41. The van der Waals surface area contributed by atoms with E-state index in [4.69, 9.17) is 0 Å². The molecule has 1 aromatic heterocycles. The molecule has 1 saturated heterocycles. The van der Waals surface area contributed by atoms with Crippen LogP contribution in [-0.4, -0.2) is 47.2 Å². The highest BCUT2D eigenvalue weighted by Gasteiger charge is 2.24. The number of nitrogens with one attached hydrogen (secondary N) is 2. The number of likely N-dealkylation sites (tertiary alicyclic amines) is 1. The van der Waals surface area contributed by atoms with E-state index in [2.05, 4.69) is 27.8 Å². The quantitative estimate of drug-likeness (QED) is 0.832. The number of anilines is 1. The Balaban J connectivity index is 1.76. The summed E-state index contributed by atoms with van der Waals surface area (Å²) in [7, 11) is 1.65. The van der Waals surface area contributed by atoms with Gasteiger partial charge in [-0.15, -0.1) is 10.2 Å². The van der Waals surface area contributed by atoms with Gasteiger partial charge in [0.15, 0.2) is 0 Å². The molecule has 1 aliphatic rings. The van der Waals surface area contributed by atoms with E-state index < -0.39 is 0 Å². The van der Waals surface area contributed by atoms with Gasteiger partial charge in [0, 0.05) is 33.0 Å². The molecule has 8 heteroatoms. The summed E-state index contributed by atoms with van der Waals surface area (Å²) in [6.07, 6.45) is 5.38. The minimum atomic E-state index is -0.124. The van der Waals surface area contributed by atoms with Crippen LogP contribution in [0.2, 0.25) is 0 Å². The summed E-state index contributed by atoms with van der Waals surface area (Å²) >= 11 is 1.44. The van der Waals surface area contributed by atoms with Gasteiger partial charge in [-0.2, -0.15) is 0 Å². The Bertz CT molecular complexity index is 526. The van der Waals surface area contributed by atoms with Crippen molar-refractivity contribution in [2.24, 2.45) is 5.92 Å². The summed E-state index contributed by atoms with van der Waals surface area (Å²) in [5.74, 6) is 0.433. The maximum atomic E-state index is 12.3. The van der Waals surface area contributed by atoms with Crippen LogP contribution in [0.25, 0.3) is 0 Å². The summed E-state index contributed by atoms with van der Waals surface area (Å²) in [6, 6.07) is -0.124. The fourth-order valence-electron chi connectivity index (χ4n) is 2.61. The molecule has 1 aliphatic heterocycles. The Morgan fingerprint density at radius 2 is 2.04 bits per heavy atom. The zero-order chi connectivity index (χ0) is 16.7. The lowest BCUT2D eigenvalue weighted by atomic mass is 9.93. The molecule has 0 atom stereocenters. The average Bonchev–Trinajstić information content (AvgIpc) is 3.00. The van der Waals surface area contributed by atoms with Crippen LogP contribution in [-0.2, 0) is 11.2 Å². The highest BCUT2D eigenvalue weighted by atomic mass is 32.1. The maximum absolute atomic E-state index is 12.3. The number of nitrogens with zero attached hydrogens (tertiary/aromatic N) is 3. The number of carbonyl (C=O) groups excluding carboxylic acids is 2. The first kappa shape index (κ1) is 17.7. The smallest absolute Gasteiger partial charge is 0.323 e. The van der Waals surface area contributed by atoms with Gasteiger partial charge in [0.25, 0.3) is 0 Å². The van der Waals surface area contributed by atoms with E-state index in [-0.39, 0.29) is 11.9 Å². The van der Waals surface area contributed by atoms with Gasteiger partial charge in [0.2, 0.25) is 11.0 Å². The Labute approximate surface area is 140 Å². The van der Waals surface area contributed by atoms with Crippen LogP contribution in [0.5, 0.6) is 0 Å². The third-order valence-electron chi connectivity index (χ3n) is 4.08. The van der Waals surface area contributed by atoms with Crippen LogP contribution >= 0.6 is 11.3 Å². The van der Waals surface area contributed by atoms with Crippen LogP contribution in [0, 0.1) is 5.92 Å². The molecule has 128 valence electrons. The molecular formula is C15H25N5O2S. The van der Waals surface area contributed by atoms with Crippen molar-refractivity contribution >= 4 is 28.4 Å². The van der Waals surface area contributed by atoms with Crippen LogP contribution in [0.15, 0.2) is 0 Å². The monoisotopic (exact) mass is 339 g/mol. The molecule has 2 heterocycles. The Morgan fingerprint density at radius 3 is 2.70 bits per heavy atom. The number of aryl methyl sites for hydroxylation is 1. The second-order valence-electron chi connectivity index (χ2n) is 5.84. The van der Waals surface area contributed by atoms with Crippen molar-refractivity contribution in [1.82, 2.24) is 20.4 Å². The number of hydrogen-bond donors (Lipinski definition) is 2. The molecule has 7 nitrogen and oxygen atoms in total. The van der Waals surface area contributed by atoms with Crippen molar-refractivity contribution in [3.8, 4) is 0 Å². The fourth-order valence-corrected chi connectivity index (χ4v) is 3.38. The summed E-state index contributed by atoms with van der Waals surface area (Å²) in [6.45, 7) is 3.49. The number of aromatic nitrogens is 2. The highest BCUT2D eigenvalue weighted by molar-refractivity contribution is 7.15. The summed E-state index contributed by atoms with van der Waals surface area (Å²) in [5, 5.41) is 15.1. The van der Waals surface area contributed by atoms with Crippen LogP contribution < -0.4 is 10.6 Å². The van der Waals surface area contributed by atoms with Crippen LogP contribution in [0.1, 0.15) is 44.0 Å². The van der Waals surface area contributed by atoms with Gasteiger partial charge >= 0.3 is 6.03 Å². The molecule has 0 aliphatic carbocycles. The molecule has 2 rings (SSSR count). The van der Waals surface area contributed by atoms with Crippen LogP contribution in [0.3, 0.4) is 0 Å². The number of urea groups is 1. The van der Waals surface area contributed by atoms with Crippen molar-refractivity contribution in [2.75, 3.05) is 25.5 Å². The molecule has 0 spiro atoms. The molecule has 0 radical (unpaired) electrons. The second kappa shape index (κ2) is 8.81. The van der Waals surface area contributed by atoms with Gasteiger partial charge < -0.3 is 10.2 Å². The number of carbonyl (C=O) groups is 2. The molecule has 2 N–H and O–H groups in total. The topological polar surface area (TPSA) is 87.2 Å². The Kier molecular flexibility index (Phi) is 6.76. The third kappa shape index (κ3) is 5.46. The van der Waals surface area contributed by atoms with Crippen molar-refractivity contribution in [2.45, 2.75) is 45.4 Å². The van der Waals surface area contributed by atoms with E-state index in [0.29, 0.717) is 30.6 Å². The van der Waals surface area contributed by atoms with Crippen LogP contribution in [0.4, 0.5) is 9.93 Å². The van der Waals surface area contributed by atoms with Gasteiger partial charge in [-0.1, -0.05) is 24.7 Å². The molecule has 1 aromatic rings. The van der Waals surface area contributed by atoms with E-state index in [1.807, 2.05) is 0 Å². The normalized spacial score (nSPS) is 15.5. The van der Waals surface area contributed by atoms with Gasteiger partial charge in [-0.05, 0) is 25.2 Å². The minimum absolute atomic E-state index is 0.0707. The fraction of sp³-hybridized carbons (Fsp3) is 0.733. The summed E-state index contributed by atoms with van der Waals surface area (Å²) in [5.41, 5.74) is 0. The molecule has 23 heavy (non-hydrogen) atoms.